The normalized spacial score (nSPS) is 14.2. The second-order valence-electron chi connectivity index (χ2n) is 6.55. The molecule has 0 aliphatic heterocycles. The average Bonchev–Trinajstić information content (AvgIpc) is 3.17. The topological polar surface area (TPSA) is 85.0 Å². The van der Waals surface area contributed by atoms with Crippen LogP contribution in [-0.4, -0.2) is 42.8 Å². The molecule has 0 radical (unpaired) electrons. The zero-order valence-electron chi connectivity index (χ0n) is 15.4. The van der Waals surface area contributed by atoms with Crippen molar-refractivity contribution in [1.82, 2.24) is 24.4 Å². The molecule has 3 rings (SSSR count). The van der Waals surface area contributed by atoms with Crippen molar-refractivity contribution in [2.24, 2.45) is 7.05 Å². The number of hydrogen-bond acceptors (Lipinski definition) is 4. The van der Waals surface area contributed by atoms with Crippen molar-refractivity contribution in [3.8, 4) is 0 Å². The summed E-state index contributed by atoms with van der Waals surface area (Å²) in [6.07, 6.45) is -3.82. The minimum atomic E-state index is -5.05. The number of para-hydroxylation sites is 2. The van der Waals surface area contributed by atoms with Crippen LogP contribution in [0.25, 0.3) is 11.0 Å². The van der Waals surface area contributed by atoms with E-state index < -0.39 is 29.9 Å². The summed E-state index contributed by atoms with van der Waals surface area (Å²) in [6.45, 7) is 2.24. The summed E-state index contributed by atoms with van der Waals surface area (Å²) in [6, 6.07) is 7.44. The highest BCUT2D eigenvalue weighted by Gasteiger charge is 2.58. The van der Waals surface area contributed by atoms with Crippen molar-refractivity contribution in [3.63, 3.8) is 0 Å². The van der Waals surface area contributed by atoms with Crippen LogP contribution in [0, 0.1) is 6.92 Å². The van der Waals surface area contributed by atoms with Gasteiger partial charge in [-0.3, -0.25) is 4.79 Å². The maximum absolute atomic E-state index is 13.5. The van der Waals surface area contributed by atoms with Gasteiger partial charge in [0.15, 0.2) is 5.82 Å². The Morgan fingerprint density at radius 3 is 2.64 bits per heavy atom. The maximum Gasteiger partial charge on any atom is 0.425 e. The van der Waals surface area contributed by atoms with Gasteiger partial charge in [-0.1, -0.05) is 12.1 Å². The molecule has 0 spiro atoms. The van der Waals surface area contributed by atoms with E-state index in [1.165, 1.54) is 13.2 Å². The highest BCUT2D eigenvalue weighted by Crippen LogP contribution is 2.40. The Morgan fingerprint density at radius 1 is 1.29 bits per heavy atom. The number of aromatic nitrogens is 4. The van der Waals surface area contributed by atoms with Crippen molar-refractivity contribution < 1.29 is 23.1 Å². The number of carbonyl (C=O) groups excluding carboxylic acids is 1. The molecule has 2 N–H and O–H groups in total. The van der Waals surface area contributed by atoms with E-state index in [9.17, 15) is 23.1 Å². The number of fused-ring (bicyclic) bond motifs is 1. The standard InChI is InChI=1S/C18H20F3N5O2/c1-12-24-13-5-3-4-6-14(13)26(12)10-8-22-15(27)11-17(28,18(19,20)21)16-23-7-9-25(16)2/h3-7,9,28H,8,10-11H2,1-2H3,(H,22,27). The van der Waals surface area contributed by atoms with Crippen molar-refractivity contribution in [2.45, 2.75) is 31.7 Å². The first-order chi connectivity index (χ1) is 13.1. The fraction of sp³-hybridized carbons (Fsp3) is 0.389. The molecule has 10 heteroatoms. The van der Waals surface area contributed by atoms with E-state index in [0.29, 0.717) is 6.54 Å². The van der Waals surface area contributed by atoms with Gasteiger partial charge in [-0.15, -0.1) is 0 Å². The van der Waals surface area contributed by atoms with Crippen LogP contribution in [-0.2, 0) is 24.0 Å². The molecule has 7 nitrogen and oxygen atoms in total. The molecular weight excluding hydrogens is 375 g/mol. The summed E-state index contributed by atoms with van der Waals surface area (Å²) in [5.41, 5.74) is -1.70. The Bertz CT molecular complexity index is 995. The van der Waals surface area contributed by atoms with E-state index in [1.54, 1.807) is 0 Å². The third-order valence-electron chi connectivity index (χ3n) is 4.58. The molecule has 1 aromatic carbocycles. The SMILES string of the molecule is Cc1nc2ccccc2n1CCNC(=O)CC(O)(c1nccn1C)C(F)(F)F. The molecule has 3 aromatic rings. The molecule has 2 aromatic heterocycles. The molecule has 0 fully saturated rings. The number of alkyl halides is 3. The van der Waals surface area contributed by atoms with Gasteiger partial charge >= 0.3 is 6.18 Å². The molecule has 0 aliphatic carbocycles. The summed E-state index contributed by atoms with van der Waals surface area (Å²) >= 11 is 0. The second kappa shape index (κ2) is 7.27. The summed E-state index contributed by atoms with van der Waals surface area (Å²) in [5.74, 6) is -0.827. The molecule has 0 aliphatic rings. The first kappa shape index (κ1) is 19.9. The van der Waals surface area contributed by atoms with E-state index in [1.807, 2.05) is 35.8 Å². The first-order valence-corrected chi connectivity index (χ1v) is 8.59. The summed E-state index contributed by atoms with van der Waals surface area (Å²) < 4.78 is 43.4. The van der Waals surface area contributed by atoms with Gasteiger partial charge in [0.25, 0.3) is 0 Å². The van der Waals surface area contributed by atoms with Crippen LogP contribution >= 0.6 is 0 Å². The Kier molecular flexibility index (Phi) is 5.16. The number of rotatable bonds is 6. The zero-order chi connectivity index (χ0) is 20.5. The lowest BCUT2D eigenvalue weighted by Crippen LogP contribution is -2.48. The quantitative estimate of drug-likeness (QED) is 0.669. The predicted molar refractivity (Wildman–Crippen MR) is 95.3 cm³/mol. The van der Waals surface area contributed by atoms with Gasteiger partial charge in [0.2, 0.25) is 11.5 Å². The second-order valence-corrected chi connectivity index (χ2v) is 6.55. The van der Waals surface area contributed by atoms with Crippen LogP contribution in [0.15, 0.2) is 36.7 Å². The van der Waals surface area contributed by atoms with Crippen LogP contribution in [0.5, 0.6) is 0 Å². The van der Waals surface area contributed by atoms with Crippen molar-refractivity contribution in [2.75, 3.05) is 6.54 Å². The van der Waals surface area contributed by atoms with Gasteiger partial charge in [-0.05, 0) is 19.1 Å². The number of nitrogens with zero attached hydrogens (tertiary/aromatic N) is 4. The Morgan fingerprint density at radius 2 is 2.00 bits per heavy atom. The van der Waals surface area contributed by atoms with Crippen LogP contribution in [0.1, 0.15) is 18.1 Å². The van der Waals surface area contributed by atoms with E-state index in [2.05, 4.69) is 15.3 Å². The number of aliphatic hydroxyl groups is 1. The number of benzene rings is 1. The fourth-order valence-electron chi connectivity index (χ4n) is 3.15. The molecule has 1 atom stereocenters. The number of imidazole rings is 2. The third kappa shape index (κ3) is 3.59. The average molecular weight is 395 g/mol. The Labute approximate surface area is 158 Å². The van der Waals surface area contributed by atoms with Gasteiger partial charge in [-0.2, -0.15) is 13.2 Å². The van der Waals surface area contributed by atoms with Crippen molar-refractivity contribution in [3.05, 3.63) is 48.3 Å². The monoisotopic (exact) mass is 395 g/mol. The summed E-state index contributed by atoms with van der Waals surface area (Å²) in [4.78, 5) is 20.1. The maximum atomic E-state index is 13.5. The first-order valence-electron chi connectivity index (χ1n) is 8.59. The van der Waals surface area contributed by atoms with Gasteiger partial charge in [0, 0.05) is 32.5 Å². The molecule has 0 bridgehead atoms. The van der Waals surface area contributed by atoms with Gasteiger partial charge in [0.05, 0.1) is 17.5 Å². The largest absolute Gasteiger partial charge is 0.425 e. The number of nitrogens with one attached hydrogen (secondary N) is 1. The number of aryl methyl sites for hydroxylation is 2. The number of halogens is 3. The highest BCUT2D eigenvalue weighted by molar-refractivity contribution is 5.77. The molecule has 1 amide bonds. The molecular formula is C18H20F3N5O2. The molecule has 0 saturated heterocycles. The van der Waals surface area contributed by atoms with E-state index in [0.717, 1.165) is 27.6 Å². The molecule has 0 saturated carbocycles. The smallest absolute Gasteiger partial charge is 0.374 e. The van der Waals surface area contributed by atoms with Crippen molar-refractivity contribution >= 4 is 16.9 Å². The predicted octanol–water partition coefficient (Wildman–Crippen LogP) is 2.03. The number of hydrogen-bond donors (Lipinski definition) is 2. The third-order valence-corrected chi connectivity index (χ3v) is 4.58. The molecule has 1 unspecified atom stereocenters. The number of carbonyl (C=O) groups is 1. The van der Waals surface area contributed by atoms with E-state index >= 15 is 0 Å². The lowest BCUT2D eigenvalue weighted by Gasteiger charge is -2.29. The van der Waals surface area contributed by atoms with Crippen LogP contribution in [0.3, 0.4) is 0 Å². The van der Waals surface area contributed by atoms with Gasteiger partial charge in [0.1, 0.15) is 5.82 Å². The highest BCUT2D eigenvalue weighted by atomic mass is 19.4. The minimum Gasteiger partial charge on any atom is -0.374 e. The van der Waals surface area contributed by atoms with Gasteiger partial charge < -0.3 is 19.6 Å². The molecule has 28 heavy (non-hydrogen) atoms. The minimum absolute atomic E-state index is 0.0918. The lowest BCUT2D eigenvalue weighted by atomic mass is 9.97. The van der Waals surface area contributed by atoms with E-state index in [-0.39, 0.29) is 6.54 Å². The van der Waals surface area contributed by atoms with Crippen LogP contribution in [0.2, 0.25) is 0 Å². The zero-order valence-corrected chi connectivity index (χ0v) is 15.4. The van der Waals surface area contributed by atoms with Crippen molar-refractivity contribution in [1.29, 1.82) is 0 Å². The Balaban J connectivity index is 1.69. The fourth-order valence-corrected chi connectivity index (χ4v) is 3.15. The van der Waals surface area contributed by atoms with E-state index in [4.69, 9.17) is 0 Å². The summed E-state index contributed by atoms with van der Waals surface area (Å²) in [7, 11) is 1.32. The lowest BCUT2D eigenvalue weighted by molar-refractivity contribution is -0.271. The summed E-state index contributed by atoms with van der Waals surface area (Å²) in [5, 5.41) is 12.7. The molecule has 2 heterocycles. The molecule has 150 valence electrons. The van der Waals surface area contributed by atoms with Gasteiger partial charge in [-0.25, -0.2) is 9.97 Å². The van der Waals surface area contributed by atoms with Crippen LogP contribution < -0.4 is 5.32 Å². The van der Waals surface area contributed by atoms with Crippen LogP contribution in [0.4, 0.5) is 13.2 Å². The Hall–Kier alpha value is -2.88. The number of amides is 1.